The molecule has 16 heavy (non-hydrogen) atoms. The van der Waals surface area contributed by atoms with Gasteiger partial charge >= 0.3 is 0 Å². The van der Waals surface area contributed by atoms with Gasteiger partial charge in [0.15, 0.2) is 0 Å². The van der Waals surface area contributed by atoms with Crippen LogP contribution in [0.25, 0.3) is 11.3 Å². The fraction of sp³-hybridized carbons (Fsp3) is 0. The Balaban J connectivity index is 2.50. The lowest BCUT2D eigenvalue weighted by atomic mass is 10.1. The predicted molar refractivity (Wildman–Crippen MR) is 65.3 cm³/mol. The number of nitrogens with two attached hydrogens (primary N) is 1. The van der Waals surface area contributed by atoms with Crippen LogP contribution in [-0.4, -0.2) is 16.1 Å². The van der Waals surface area contributed by atoms with Crippen molar-refractivity contribution in [3.8, 4) is 11.3 Å². The van der Waals surface area contributed by atoms with Gasteiger partial charge < -0.3 is 5.73 Å². The summed E-state index contributed by atoms with van der Waals surface area (Å²) in [5, 5.41) is 7.08. The monoisotopic (exact) mass is 299 g/mol. The van der Waals surface area contributed by atoms with Gasteiger partial charge in [0.25, 0.3) is 5.91 Å². The Morgan fingerprint density at radius 3 is 2.88 bits per heavy atom. The maximum Gasteiger partial charge on any atom is 0.266 e. The van der Waals surface area contributed by atoms with Crippen molar-refractivity contribution in [2.45, 2.75) is 0 Å². The Bertz CT molecular complexity index is 553. The highest BCUT2D eigenvalue weighted by Gasteiger charge is 2.11. The van der Waals surface area contributed by atoms with Crippen molar-refractivity contribution >= 4 is 33.4 Å². The Labute approximate surface area is 105 Å². The molecule has 1 aromatic heterocycles. The van der Waals surface area contributed by atoms with E-state index in [-0.39, 0.29) is 5.69 Å². The summed E-state index contributed by atoms with van der Waals surface area (Å²) < 4.78 is 0.773. The highest BCUT2D eigenvalue weighted by atomic mass is 79.9. The summed E-state index contributed by atoms with van der Waals surface area (Å²) in [5.74, 6) is -0.551. The zero-order chi connectivity index (χ0) is 11.7. The van der Waals surface area contributed by atoms with Gasteiger partial charge in [-0.25, -0.2) is 0 Å². The molecule has 1 amide bonds. The first-order valence-electron chi connectivity index (χ1n) is 4.39. The summed E-state index contributed by atoms with van der Waals surface area (Å²) >= 11 is 9.42. The van der Waals surface area contributed by atoms with Gasteiger partial charge in [0.2, 0.25) is 0 Å². The summed E-state index contributed by atoms with van der Waals surface area (Å²) in [5.41, 5.74) is 6.70. The number of primary amides is 1. The van der Waals surface area contributed by atoms with Gasteiger partial charge in [-0.3, -0.25) is 9.89 Å². The molecule has 0 radical (unpaired) electrons. The first-order chi connectivity index (χ1) is 7.59. The number of aromatic amines is 1. The van der Waals surface area contributed by atoms with E-state index < -0.39 is 5.91 Å². The highest BCUT2D eigenvalue weighted by Crippen LogP contribution is 2.32. The van der Waals surface area contributed by atoms with Crippen molar-refractivity contribution in [1.29, 1.82) is 0 Å². The molecular weight excluding hydrogens is 293 g/mol. The molecule has 1 heterocycles. The fourth-order valence-corrected chi connectivity index (χ4v) is 1.88. The average Bonchev–Trinajstić information content (AvgIpc) is 2.71. The van der Waals surface area contributed by atoms with Crippen LogP contribution >= 0.6 is 27.5 Å². The van der Waals surface area contributed by atoms with Crippen LogP contribution in [0.15, 0.2) is 28.7 Å². The van der Waals surface area contributed by atoms with Crippen molar-refractivity contribution in [2.75, 3.05) is 0 Å². The van der Waals surface area contributed by atoms with E-state index in [4.69, 9.17) is 17.3 Å². The standard InChI is InChI=1S/C10H7BrClN3O/c11-6-3-1-2-5(9(6)12)7-4-8(10(13)16)15-14-7/h1-4H,(H2,13,16)(H,14,15). The summed E-state index contributed by atoms with van der Waals surface area (Å²) in [6.45, 7) is 0. The third kappa shape index (κ3) is 1.96. The van der Waals surface area contributed by atoms with Crippen LogP contribution in [0.1, 0.15) is 10.5 Å². The number of aromatic nitrogens is 2. The fourth-order valence-electron chi connectivity index (χ4n) is 1.29. The van der Waals surface area contributed by atoms with Gasteiger partial charge in [-0.05, 0) is 28.1 Å². The molecule has 0 aliphatic heterocycles. The zero-order valence-electron chi connectivity index (χ0n) is 8.00. The summed E-state index contributed by atoms with van der Waals surface area (Å²) in [7, 11) is 0. The molecule has 0 aliphatic rings. The summed E-state index contributed by atoms with van der Waals surface area (Å²) in [6.07, 6.45) is 0. The molecule has 1 aromatic carbocycles. The van der Waals surface area contributed by atoms with E-state index in [0.717, 1.165) is 10.0 Å². The quantitative estimate of drug-likeness (QED) is 0.895. The van der Waals surface area contributed by atoms with Crippen LogP contribution in [0.2, 0.25) is 5.02 Å². The van der Waals surface area contributed by atoms with E-state index in [0.29, 0.717) is 10.7 Å². The van der Waals surface area contributed by atoms with Gasteiger partial charge in [-0.15, -0.1) is 0 Å². The van der Waals surface area contributed by atoms with Gasteiger partial charge in [0.05, 0.1) is 10.7 Å². The zero-order valence-corrected chi connectivity index (χ0v) is 10.3. The molecule has 0 atom stereocenters. The third-order valence-electron chi connectivity index (χ3n) is 2.07. The number of nitrogens with zero attached hydrogens (tertiary/aromatic N) is 1. The molecule has 3 N–H and O–H groups in total. The van der Waals surface area contributed by atoms with Gasteiger partial charge in [-0.1, -0.05) is 23.7 Å². The molecule has 0 fully saturated rings. The topological polar surface area (TPSA) is 71.8 Å². The molecule has 0 unspecified atom stereocenters. The molecule has 0 aliphatic carbocycles. The van der Waals surface area contributed by atoms with Crippen LogP contribution in [0, 0.1) is 0 Å². The van der Waals surface area contributed by atoms with E-state index in [1.54, 1.807) is 6.07 Å². The number of H-pyrrole nitrogens is 1. The van der Waals surface area contributed by atoms with Crippen LogP contribution in [0.5, 0.6) is 0 Å². The molecule has 6 heteroatoms. The predicted octanol–water partition coefficient (Wildman–Crippen LogP) is 2.59. The molecule has 0 bridgehead atoms. The molecule has 82 valence electrons. The van der Waals surface area contributed by atoms with E-state index in [1.807, 2.05) is 18.2 Å². The number of amides is 1. The van der Waals surface area contributed by atoms with Gasteiger partial charge in [0, 0.05) is 10.0 Å². The van der Waals surface area contributed by atoms with E-state index in [9.17, 15) is 4.79 Å². The number of carbonyl (C=O) groups is 1. The first-order valence-corrected chi connectivity index (χ1v) is 5.56. The lowest BCUT2D eigenvalue weighted by molar-refractivity contribution is 0.0995. The second-order valence-corrected chi connectivity index (χ2v) is 4.36. The lowest BCUT2D eigenvalue weighted by Gasteiger charge is -2.01. The number of nitrogens with one attached hydrogen (secondary N) is 1. The minimum atomic E-state index is -0.551. The molecular formula is C10H7BrClN3O. The normalized spacial score (nSPS) is 10.4. The molecule has 0 saturated heterocycles. The van der Waals surface area contributed by atoms with Gasteiger partial charge in [-0.2, -0.15) is 5.10 Å². The van der Waals surface area contributed by atoms with Crippen molar-refractivity contribution in [3.63, 3.8) is 0 Å². The van der Waals surface area contributed by atoms with Crippen molar-refractivity contribution in [1.82, 2.24) is 10.2 Å². The average molecular weight is 301 g/mol. The number of hydrogen-bond acceptors (Lipinski definition) is 2. The van der Waals surface area contributed by atoms with Crippen molar-refractivity contribution in [3.05, 3.63) is 39.5 Å². The Kier molecular flexibility index (Phi) is 2.98. The number of carbonyl (C=O) groups excluding carboxylic acids is 1. The van der Waals surface area contributed by atoms with Crippen molar-refractivity contribution in [2.24, 2.45) is 5.73 Å². The second-order valence-electron chi connectivity index (χ2n) is 3.13. The van der Waals surface area contributed by atoms with Crippen LogP contribution < -0.4 is 5.73 Å². The Morgan fingerprint density at radius 2 is 2.25 bits per heavy atom. The van der Waals surface area contributed by atoms with E-state index in [2.05, 4.69) is 26.1 Å². The number of hydrogen-bond donors (Lipinski definition) is 2. The Morgan fingerprint density at radius 1 is 1.50 bits per heavy atom. The molecule has 0 saturated carbocycles. The SMILES string of the molecule is NC(=O)c1cc(-c2cccc(Br)c2Cl)n[nH]1. The lowest BCUT2D eigenvalue weighted by Crippen LogP contribution is -2.10. The molecule has 2 rings (SSSR count). The highest BCUT2D eigenvalue weighted by molar-refractivity contribution is 9.10. The van der Waals surface area contributed by atoms with Gasteiger partial charge in [0.1, 0.15) is 5.69 Å². The molecule has 2 aromatic rings. The summed E-state index contributed by atoms with van der Waals surface area (Å²) in [6, 6.07) is 7.04. The first kappa shape index (κ1) is 11.2. The number of rotatable bonds is 2. The number of benzene rings is 1. The molecule has 4 nitrogen and oxygen atoms in total. The van der Waals surface area contributed by atoms with E-state index in [1.165, 1.54) is 0 Å². The summed E-state index contributed by atoms with van der Waals surface area (Å²) in [4.78, 5) is 10.9. The third-order valence-corrected chi connectivity index (χ3v) is 3.37. The number of halogens is 2. The smallest absolute Gasteiger partial charge is 0.266 e. The Hall–Kier alpha value is -1.33. The van der Waals surface area contributed by atoms with Crippen LogP contribution in [0.3, 0.4) is 0 Å². The minimum Gasteiger partial charge on any atom is -0.364 e. The minimum absolute atomic E-state index is 0.256. The maximum atomic E-state index is 10.9. The second kappa shape index (κ2) is 4.27. The van der Waals surface area contributed by atoms with E-state index >= 15 is 0 Å². The van der Waals surface area contributed by atoms with Crippen LogP contribution in [-0.2, 0) is 0 Å². The van der Waals surface area contributed by atoms with Crippen LogP contribution in [0.4, 0.5) is 0 Å². The van der Waals surface area contributed by atoms with Crippen molar-refractivity contribution < 1.29 is 4.79 Å². The molecule has 0 spiro atoms. The maximum absolute atomic E-state index is 10.9. The largest absolute Gasteiger partial charge is 0.364 e.